The fraction of sp³-hybridized carbons (Fsp3) is 0.778. The van der Waals surface area contributed by atoms with Gasteiger partial charge in [0.2, 0.25) is 0 Å². The smallest absolute Gasteiger partial charge is 0.411 e. The van der Waals surface area contributed by atoms with Crippen LogP contribution in [0.5, 0.6) is 0 Å². The highest BCUT2D eigenvalue weighted by molar-refractivity contribution is 7.48. The molecule has 0 N–H and O–H groups in total. The highest BCUT2D eigenvalue weighted by Crippen LogP contribution is 2.48. The molecule has 0 atom stereocenters. The normalized spacial score (nSPS) is 14.0. The van der Waals surface area contributed by atoms with Gasteiger partial charge in [-0.1, -0.05) is 11.6 Å². The van der Waals surface area contributed by atoms with Crippen LogP contribution in [0.2, 0.25) is 0 Å². The lowest BCUT2D eigenvalue weighted by atomic mass is 10.2. The van der Waals surface area contributed by atoms with E-state index in [2.05, 4.69) is 9.05 Å². The maximum atomic E-state index is 11.4. The third-order valence-electron chi connectivity index (χ3n) is 1.40. The molecule has 7 heteroatoms. The molecule has 96 valence electrons. The van der Waals surface area contributed by atoms with Crippen molar-refractivity contribution in [2.45, 2.75) is 26.4 Å². The number of ether oxygens (including phenoxy) is 1. The average Bonchev–Trinajstić information content (AvgIpc) is 2.22. The first-order chi connectivity index (χ1) is 7.22. The predicted octanol–water partition coefficient (Wildman–Crippen LogP) is 3.30. The number of phosphoric ester groups is 1. The lowest BCUT2D eigenvalue weighted by Gasteiger charge is -2.19. The quantitative estimate of drug-likeness (QED) is 0.548. The minimum Gasteiger partial charge on any atom is -0.411 e. The van der Waals surface area contributed by atoms with Gasteiger partial charge in [-0.3, -0.25) is 9.05 Å². The summed E-state index contributed by atoms with van der Waals surface area (Å²) in [6, 6.07) is 0. The molecule has 0 aliphatic heterocycles. The Morgan fingerprint density at radius 2 is 1.81 bits per heavy atom. The van der Waals surface area contributed by atoms with Gasteiger partial charge >= 0.3 is 7.82 Å². The first-order valence-electron chi connectivity index (χ1n) is 4.61. The molecular formula is C9H18ClO5P. The predicted molar refractivity (Wildman–Crippen MR) is 62.4 cm³/mol. The van der Waals surface area contributed by atoms with Crippen LogP contribution in [0.15, 0.2) is 11.3 Å². The monoisotopic (exact) mass is 272 g/mol. The van der Waals surface area contributed by atoms with Gasteiger partial charge < -0.3 is 9.26 Å². The molecule has 0 aromatic carbocycles. The van der Waals surface area contributed by atoms with Gasteiger partial charge in [-0.05, 0) is 20.8 Å². The highest BCUT2D eigenvalue weighted by Gasteiger charge is 2.22. The van der Waals surface area contributed by atoms with Crippen molar-refractivity contribution >= 4 is 19.4 Å². The summed E-state index contributed by atoms with van der Waals surface area (Å²) in [5.74, 6) is 0. The minimum absolute atomic E-state index is 0.165. The molecule has 16 heavy (non-hydrogen) atoms. The molecule has 5 nitrogen and oxygen atoms in total. The Kier molecular flexibility index (Phi) is 6.60. The molecule has 0 aliphatic carbocycles. The molecule has 0 aromatic heterocycles. The summed E-state index contributed by atoms with van der Waals surface area (Å²) in [6.07, 6.45) is 1.10. The van der Waals surface area contributed by atoms with E-state index in [9.17, 15) is 4.57 Å². The second-order valence-corrected chi connectivity index (χ2v) is 6.20. The van der Waals surface area contributed by atoms with Crippen molar-refractivity contribution < 1.29 is 22.9 Å². The third-order valence-corrected chi connectivity index (χ3v) is 2.86. The van der Waals surface area contributed by atoms with Crippen molar-refractivity contribution in [1.29, 1.82) is 0 Å². The van der Waals surface area contributed by atoms with Crippen molar-refractivity contribution in [3.8, 4) is 0 Å². The topological polar surface area (TPSA) is 54.0 Å². The van der Waals surface area contributed by atoms with E-state index in [0.717, 1.165) is 6.26 Å². The second-order valence-electron chi connectivity index (χ2n) is 3.88. The van der Waals surface area contributed by atoms with Crippen LogP contribution in [0.3, 0.4) is 0 Å². The van der Waals surface area contributed by atoms with Gasteiger partial charge in [-0.25, -0.2) is 4.57 Å². The van der Waals surface area contributed by atoms with Crippen LogP contribution in [-0.2, 0) is 22.9 Å². The molecule has 0 saturated carbocycles. The number of hydrogen-bond acceptors (Lipinski definition) is 5. The van der Waals surface area contributed by atoms with E-state index < -0.39 is 7.82 Å². The summed E-state index contributed by atoms with van der Waals surface area (Å²) in [6.45, 7) is 5.85. The van der Waals surface area contributed by atoms with Crippen molar-refractivity contribution in [3.05, 3.63) is 11.3 Å². The fourth-order valence-electron chi connectivity index (χ4n) is 0.602. The Hall–Kier alpha value is -0.0600. The lowest BCUT2D eigenvalue weighted by Crippen LogP contribution is -2.19. The van der Waals surface area contributed by atoms with E-state index in [1.807, 2.05) is 20.8 Å². The van der Waals surface area contributed by atoms with Gasteiger partial charge in [-0.15, -0.1) is 0 Å². The summed E-state index contributed by atoms with van der Waals surface area (Å²) < 4.78 is 30.7. The Morgan fingerprint density at radius 3 is 2.19 bits per heavy atom. The van der Waals surface area contributed by atoms with Crippen molar-refractivity contribution in [2.75, 3.05) is 20.8 Å². The van der Waals surface area contributed by atoms with E-state index in [-0.39, 0.29) is 17.2 Å². The minimum atomic E-state index is -3.52. The van der Waals surface area contributed by atoms with Crippen LogP contribution >= 0.6 is 19.4 Å². The van der Waals surface area contributed by atoms with E-state index in [4.69, 9.17) is 20.9 Å². The Bertz CT molecular complexity index is 276. The van der Waals surface area contributed by atoms with E-state index in [0.29, 0.717) is 0 Å². The number of halogens is 1. The van der Waals surface area contributed by atoms with Crippen molar-refractivity contribution in [1.82, 2.24) is 0 Å². The summed E-state index contributed by atoms with van der Waals surface area (Å²) >= 11 is 5.79. The SMILES string of the molecule is COP(=O)(OC)O/C=C(/Cl)COC(C)(C)C. The summed E-state index contributed by atoms with van der Waals surface area (Å²) in [7, 11) is -1.08. The number of hydrogen-bond donors (Lipinski definition) is 0. The van der Waals surface area contributed by atoms with Crippen LogP contribution in [0.25, 0.3) is 0 Å². The van der Waals surface area contributed by atoms with Crippen LogP contribution in [0.1, 0.15) is 20.8 Å². The summed E-state index contributed by atoms with van der Waals surface area (Å²) in [4.78, 5) is 0. The van der Waals surface area contributed by atoms with Crippen molar-refractivity contribution in [2.24, 2.45) is 0 Å². The van der Waals surface area contributed by atoms with Crippen LogP contribution < -0.4 is 0 Å². The molecule has 0 aromatic rings. The zero-order chi connectivity index (χ0) is 12.8. The largest absolute Gasteiger partial charge is 0.528 e. The molecule has 0 unspecified atom stereocenters. The van der Waals surface area contributed by atoms with E-state index in [1.54, 1.807) is 0 Å². The Balaban J connectivity index is 4.19. The van der Waals surface area contributed by atoms with Crippen LogP contribution in [-0.4, -0.2) is 26.4 Å². The standard InChI is InChI=1S/C9H18ClO5P/c1-9(2,3)14-6-8(10)7-15-16(11,12-4)13-5/h7H,6H2,1-5H3/b8-7+. The molecule has 0 rings (SSSR count). The van der Waals surface area contributed by atoms with Crippen molar-refractivity contribution in [3.63, 3.8) is 0 Å². The number of rotatable bonds is 6. The van der Waals surface area contributed by atoms with E-state index in [1.165, 1.54) is 14.2 Å². The van der Waals surface area contributed by atoms with Gasteiger partial charge in [0.05, 0.1) is 17.2 Å². The maximum absolute atomic E-state index is 11.4. The third kappa shape index (κ3) is 7.25. The first kappa shape index (κ1) is 15.9. The van der Waals surface area contributed by atoms with E-state index >= 15 is 0 Å². The molecule has 0 bridgehead atoms. The molecule has 0 saturated heterocycles. The molecule has 0 spiro atoms. The molecule has 0 fully saturated rings. The maximum Gasteiger partial charge on any atom is 0.528 e. The lowest BCUT2D eigenvalue weighted by molar-refractivity contribution is 0.0129. The molecular weight excluding hydrogens is 255 g/mol. The summed E-state index contributed by atoms with van der Waals surface area (Å²) in [5, 5.41) is 0.268. The van der Waals surface area contributed by atoms with Crippen LogP contribution in [0.4, 0.5) is 0 Å². The Morgan fingerprint density at radius 1 is 1.31 bits per heavy atom. The van der Waals surface area contributed by atoms with Gasteiger partial charge in [0, 0.05) is 14.2 Å². The summed E-state index contributed by atoms with van der Waals surface area (Å²) in [5.41, 5.74) is -0.305. The van der Waals surface area contributed by atoms with Gasteiger partial charge in [0.1, 0.15) is 6.26 Å². The average molecular weight is 273 g/mol. The first-order valence-corrected chi connectivity index (χ1v) is 6.45. The van der Waals surface area contributed by atoms with Gasteiger partial charge in [0.25, 0.3) is 0 Å². The molecule has 0 aliphatic rings. The fourth-order valence-corrected chi connectivity index (χ4v) is 1.34. The van der Waals surface area contributed by atoms with Gasteiger partial charge in [-0.2, -0.15) is 0 Å². The molecule has 0 heterocycles. The Labute approximate surface area is 101 Å². The molecule has 0 radical (unpaired) electrons. The van der Waals surface area contributed by atoms with Crippen LogP contribution in [0, 0.1) is 0 Å². The zero-order valence-electron chi connectivity index (χ0n) is 10.2. The highest BCUT2D eigenvalue weighted by atomic mass is 35.5. The molecule has 0 amide bonds. The van der Waals surface area contributed by atoms with Gasteiger partial charge in [0.15, 0.2) is 0 Å². The number of phosphoric acid groups is 1. The second kappa shape index (κ2) is 6.62. The zero-order valence-corrected chi connectivity index (χ0v) is 11.8.